The van der Waals surface area contributed by atoms with Crippen molar-refractivity contribution in [2.45, 2.75) is 31.7 Å². The largest absolute Gasteiger partial charge is 0.493 e. The molecule has 0 spiro atoms. The molecule has 2 aliphatic rings. The minimum atomic E-state index is -0.116. The molecule has 0 saturated carbocycles. The summed E-state index contributed by atoms with van der Waals surface area (Å²) in [4.78, 5) is 13.0. The van der Waals surface area contributed by atoms with Crippen molar-refractivity contribution in [3.63, 3.8) is 0 Å². The van der Waals surface area contributed by atoms with Gasteiger partial charge in [0.25, 0.3) is 0 Å². The number of carbonyl (C=O) groups is 1. The summed E-state index contributed by atoms with van der Waals surface area (Å²) in [5, 5.41) is 4.24. The molecule has 0 fully saturated rings. The van der Waals surface area contributed by atoms with E-state index in [-0.39, 0.29) is 11.8 Å². The maximum absolute atomic E-state index is 13.0. The first-order chi connectivity index (χ1) is 20.2. The number of aromatic nitrogens is 1. The van der Waals surface area contributed by atoms with Crippen LogP contribution >= 0.6 is 0 Å². The van der Waals surface area contributed by atoms with E-state index < -0.39 is 0 Å². The number of nitrogens with one attached hydrogen (secondary N) is 1. The molecule has 41 heavy (non-hydrogen) atoms. The van der Waals surface area contributed by atoms with Gasteiger partial charge in [0.05, 0.1) is 31.5 Å². The van der Waals surface area contributed by atoms with Crippen LogP contribution in [0, 0.1) is 0 Å². The van der Waals surface area contributed by atoms with Crippen molar-refractivity contribution in [2.24, 2.45) is 0 Å². The predicted molar refractivity (Wildman–Crippen MR) is 160 cm³/mol. The zero-order chi connectivity index (χ0) is 27.8. The Labute approximate surface area is 239 Å². The highest BCUT2D eigenvalue weighted by molar-refractivity contribution is 6.06. The standard InChI is InChI=1S/C35H32N2O4/c1-39-33-19-25(11-13-32(33)41-16-14-23-10-12-31-26(18-23)15-17-40-31)27-20-34(38)36-29-8-5-9-30-35(29)28(27)22-37(30)21-24-6-3-2-4-7-24/h2-13,18-19,22,27H,14-17,20-21H2,1H3,(H,36,38)/t27-/m1/s1. The van der Waals surface area contributed by atoms with Gasteiger partial charge in [-0.1, -0.05) is 54.6 Å². The van der Waals surface area contributed by atoms with Gasteiger partial charge in [-0.25, -0.2) is 0 Å². The first-order valence-electron chi connectivity index (χ1n) is 14.2. The summed E-state index contributed by atoms with van der Waals surface area (Å²) in [6.45, 7) is 2.06. The van der Waals surface area contributed by atoms with Crippen LogP contribution in [0.1, 0.15) is 40.2 Å². The lowest BCUT2D eigenvalue weighted by Crippen LogP contribution is -2.14. The summed E-state index contributed by atoms with van der Waals surface area (Å²) in [6, 6.07) is 29.0. The molecule has 0 unspecified atom stereocenters. The summed E-state index contributed by atoms with van der Waals surface area (Å²) < 4.78 is 19.9. The van der Waals surface area contributed by atoms with Crippen LogP contribution in [0.25, 0.3) is 10.9 Å². The van der Waals surface area contributed by atoms with Gasteiger partial charge in [0.2, 0.25) is 5.91 Å². The normalized spacial score (nSPS) is 15.6. The number of hydrogen-bond donors (Lipinski definition) is 1. The average molecular weight is 545 g/mol. The molecule has 0 aliphatic carbocycles. The summed E-state index contributed by atoms with van der Waals surface area (Å²) in [7, 11) is 1.66. The monoisotopic (exact) mass is 544 g/mol. The van der Waals surface area contributed by atoms with Crippen molar-refractivity contribution in [3.8, 4) is 17.2 Å². The highest BCUT2D eigenvalue weighted by Crippen LogP contribution is 2.43. The lowest BCUT2D eigenvalue weighted by atomic mass is 9.88. The number of carbonyl (C=O) groups excluding carboxylic acids is 1. The molecule has 1 aromatic heterocycles. The molecule has 6 heteroatoms. The van der Waals surface area contributed by atoms with Crippen molar-refractivity contribution < 1.29 is 19.0 Å². The van der Waals surface area contributed by atoms with Crippen LogP contribution in [0.2, 0.25) is 0 Å². The van der Waals surface area contributed by atoms with Gasteiger partial charge in [-0.2, -0.15) is 0 Å². The number of benzene rings is 4. The number of fused-ring (bicyclic) bond motifs is 1. The maximum atomic E-state index is 13.0. The lowest BCUT2D eigenvalue weighted by Gasteiger charge is -2.18. The van der Waals surface area contributed by atoms with Crippen molar-refractivity contribution in [1.82, 2.24) is 4.57 Å². The summed E-state index contributed by atoms with van der Waals surface area (Å²) >= 11 is 0. The average Bonchev–Trinajstić information content (AvgIpc) is 3.58. The molecule has 0 saturated heterocycles. The number of rotatable bonds is 8. The predicted octanol–water partition coefficient (Wildman–Crippen LogP) is 6.73. The minimum absolute atomic E-state index is 0.00680. The number of ether oxygens (including phenoxy) is 3. The van der Waals surface area contributed by atoms with E-state index in [4.69, 9.17) is 14.2 Å². The fourth-order valence-corrected chi connectivity index (χ4v) is 6.15. The van der Waals surface area contributed by atoms with Crippen molar-refractivity contribution >= 4 is 22.5 Å². The van der Waals surface area contributed by atoms with Crippen LogP contribution in [0.5, 0.6) is 17.2 Å². The maximum Gasteiger partial charge on any atom is 0.225 e. The van der Waals surface area contributed by atoms with Gasteiger partial charge in [0, 0.05) is 43.3 Å². The second kappa shape index (κ2) is 10.7. The smallest absolute Gasteiger partial charge is 0.225 e. The highest BCUT2D eigenvalue weighted by Gasteiger charge is 2.28. The van der Waals surface area contributed by atoms with E-state index in [2.05, 4.69) is 70.7 Å². The third-order valence-electron chi connectivity index (χ3n) is 8.16. The van der Waals surface area contributed by atoms with Crippen molar-refractivity contribution in [2.75, 3.05) is 25.6 Å². The van der Waals surface area contributed by atoms with Crippen molar-refractivity contribution in [3.05, 3.63) is 119 Å². The molecular weight excluding hydrogens is 512 g/mol. The van der Waals surface area contributed by atoms with Crippen LogP contribution in [0.4, 0.5) is 5.69 Å². The van der Waals surface area contributed by atoms with E-state index in [1.54, 1.807) is 7.11 Å². The molecule has 4 aromatic carbocycles. The van der Waals surface area contributed by atoms with Gasteiger partial charge in [-0.05, 0) is 58.1 Å². The SMILES string of the molecule is COc1cc([C@H]2CC(=O)Nc3cccc4c3c2cn4Cc2ccccc2)ccc1OCCc1ccc2c(c1)CCO2. The zero-order valence-electron chi connectivity index (χ0n) is 23.1. The Bertz CT molecular complexity index is 1740. The molecule has 6 nitrogen and oxygen atoms in total. The second-order valence-corrected chi connectivity index (χ2v) is 10.8. The van der Waals surface area contributed by atoms with E-state index in [9.17, 15) is 4.79 Å². The van der Waals surface area contributed by atoms with Crippen LogP contribution < -0.4 is 19.5 Å². The molecule has 7 rings (SSSR count). The molecule has 3 heterocycles. The summed E-state index contributed by atoms with van der Waals surface area (Å²) in [5.74, 6) is 2.25. The Morgan fingerprint density at radius 1 is 0.951 bits per heavy atom. The fraction of sp³-hybridized carbons (Fsp3) is 0.229. The Kier molecular flexibility index (Phi) is 6.59. The molecule has 5 aromatic rings. The molecule has 1 atom stereocenters. The van der Waals surface area contributed by atoms with Crippen LogP contribution in [0.3, 0.4) is 0 Å². The van der Waals surface area contributed by atoms with E-state index in [0.717, 1.165) is 59.5 Å². The molecule has 0 bridgehead atoms. The minimum Gasteiger partial charge on any atom is -0.493 e. The molecule has 1 amide bonds. The molecule has 0 radical (unpaired) electrons. The Morgan fingerprint density at radius 3 is 2.73 bits per heavy atom. The van der Waals surface area contributed by atoms with Gasteiger partial charge < -0.3 is 24.1 Å². The van der Waals surface area contributed by atoms with E-state index in [1.165, 1.54) is 16.7 Å². The van der Waals surface area contributed by atoms with Crippen LogP contribution in [-0.4, -0.2) is 30.8 Å². The number of amides is 1. The zero-order valence-corrected chi connectivity index (χ0v) is 23.1. The number of hydrogen-bond acceptors (Lipinski definition) is 4. The van der Waals surface area contributed by atoms with Gasteiger partial charge in [-0.15, -0.1) is 0 Å². The first-order valence-corrected chi connectivity index (χ1v) is 14.2. The fourth-order valence-electron chi connectivity index (χ4n) is 6.15. The number of nitrogens with zero attached hydrogens (tertiary/aromatic N) is 1. The lowest BCUT2D eigenvalue weighted by molar-refractivity contribution is -0.116. The molecular formula is C35H32N2O4. The quantitative estimate of drug-likeness (QED) is 0.235. The molecule has 1 N–H and O–H groups in total. The van der Waals surface area contributed by atoms with Gasteiger partial charge in [0.1, 0.15) is 5.75 Å². The third-order valence-corrected chi connectivity index (χ3v) is 8.16. The summed E-state index contributed by atoms with van der Waals surface area (Å²) in [6.07, 6.45) is 4.32. The molecule has 206 valence electrons. The highest BCUT2D eigenvalue weighted by atomic mass is 16.5. The van der Waals surface area contributed by atoms with Gasteiger partial charge >= 0.3 is 0 Å². The van der Waals surface area contributed by atoms with Gasteiger partial charge in [0.15, 0.2) is 11.5 Å². The Morgan fingerprint density at radius 2 is 1.85 bits per heavy atom. The van der Waals surface area contributed by atoms with Gasteiger partial charge in [-0.3, -0.25) is 4.79 Å². The summed E-state index contributed by atoms with van der Waals surface area (Å²) in [5.41, 5.74) is 7.87. The van der Waals surface area contributed by atoms with Crippen LogP contribution in [0.15, 0.2) is 91.1 Å². The van der Waals surface area contributed by atoms with E-state index >= 15 is 0 Å². The Balaban J connectivity index is 1.17. The molecule has 2 aliphatic heterocycles. The first kappa shape index (κ1) is 25.3. The Hall–Kier alpha value is -4.71. The van der Waals surface area contributed by atoms with E-state index in [1.807, 2.05) is 30.3 Å². The second-order valence-electron chi connectivity index (χ2n) is 10.8. The van der Waals surface area contributed by atoms with Crippen molar-refractivity contribution in [1.29, 1.82) is 0 Å². The van der Waals surface area contributed by atoms with E-state index in [0.29, 0.717) is 24.5 Å². The third kappa shape index (κ3) is 4.91. The number of anilines is 1. The number of methoxy groups -OCH3 is 1. The van der Waals surface area contributed by atoms with Crippen LogP contribution in [-0.2, 0) is 24.2 Å². The topological polar surface area (TPSA) is 61.7 Å².